The molecule has 1 atom stereocenters. The number of benzene rings is 2. The molecule has 0 radical (unpaired) electrons. The van der Waals surface area contributed by atoms with Crippen molar-refractivity contribution in [1.82, 2.24) is 9.97 Å². The quantitative estimate of drug-likeness (QED) is 0.508. The largest absolute Gasteiger partial charge is 0.399 e. The Labute approximate surface area is 201 Å². The molecule has 4 rings (SSSR count). The molecule has 7 nitrogen and oxygen atoms in total. The van der Waals surface area contributed by atoms with Crippen molar-refractivity contribution in [2.24, 2.45) is 5.41 Å². The Kier molecular flexibility index (Phi) is 5.85. The fraction of sp³-hybridized carbons (Fsp3) is 0.370. The molecule has 7 heteroatoms. The highest BCUT2D eigenvalue weighted by Gasteiger charge is 2.62. The molecular formula is C27H32N4O3. The Morgan fingerprint density at radius 1 is 1.00 bits per heavy atom. The van der Waals surface area contributed by atoms with Gasteiger partial charge in [-0.15, -0.1) is 4.89 Å². The van der Waals surface area contributed by atoms with Crippen LogP contribution in [0.5, 0.6) is 0 Å². The summed E-state index contributed by atoms with van der Waals surface area (Å²) in [6.45, 7) is 11.9. The van der Waals surface area contributed by atoms with E-state index in [1.807, 2.05) is 47.0 Å². The summed E-state index contributed by atoms with van der Waals surface area (Å²) < 4.78 is 0. The van der Waals surface area contributed by atoms with Crippen LogP contribution in [0.2, 0.25) is 0 Å². The van der Waals surface area contributed by atoms with Crippen molar-refractivity contribution < 1.29 is 14.6 Å². The Morgan fingerprint density at radius 2 is 1.62 bits per heavy atom. The third-order valence-corrected chi connectivity index (χ3v) is 6.25. The highest BCUT2D eigenvalue weighted by Crippen LogP contribution is 2.43. The fourth-order valence-corrected chi connectivity index (χ4v) is 4.29. The Bertz CT molecular complexity index is 1220. The second-order valence-electron chi connectivity index (χ2n) is 10.2. The first-order valence-corrected chi connectivity index (χ1v) is 11.3. The summed E-state index contributed by atoms with van der Waals surface area (Å²) in [7, 11) is 4.02. The van der Waals surface area contributed by atoms with Gasteiger partial charge in [-0.1, -0.05) is 50.6 Å². The molecule has 0 saturated carbocycles. The van der Waals surface area contributed by atoms with E-state index in [1.54, 1.807) is 6.20 Å². The standard InChI is InChI=1S/C27H32N4O3/c1-16-13-17(2)22(18(3)14-16)23-24(30-27(26(4,5)6)25(32)33-34-27)28-15-21(29-23)19-9-11-20(12-10-19)31(7)8/h9-15H,1-8H3,(H,28,30)/t27-/m1/s1. The van der Waals surface area contributed by atoms with Gasteiger partial charge in [0.1, 0.15) is 5.69 Å². The van der Waals surface area contributed by atoms with Crippen LogP contribution in [0.15, 0.2) is 42.6 Å². The molecule has 0 unspecified atom stereocenters. The van der Waals surface area contributed by atoms with E-state index < -0.39 is 17.1 Å². The second kappa shape index (κ2) is 8.40. The van der Waals surface area contributed by atoms with Crippen LogP contribution in [0.25, 0.3) is 22.5 Å². The van der Waals surface area contributed by atoms with Gasteiger partial charge in [0.15, 0.2) is 5.82 Å². The average molecular weight is 461 g/mol. The van der Waals surface area contributed by atoms with Crippen molar-refractivity contribution in [3.63, 3.8) is 0 Å². The average Bonchev–Trinajstić information content (AvgIpc) is 2.75. The van der Waals surface area contributed by atoms with Crippen LogP contribution < -0.4 is 10.2 Å². The molecular weight excluding hydrogens is 428 g/mol. The zero-order valence-corrected chi connectivity index (χ0v) is 21.1. The van der Waals surface area contributed by atoms with Crippen molar-refractivity contribution in [3.05, 3.63) is 59.3 Å². The van der Waals surface area contributed by atoms with Gasteiger partial charge in [-0.3, -0.25) is 4.89 Å². The van der Waals surface area contributed by atoms with Crippen LogP contribution in [0.1, 0.15) is 37.5 Å². The van der Waals surface area contributed by atoms with Crippen LogP contribution in [-0.2, 0) is 14.6 Å². The second-order valence-corrected chi connectivity index (χ2v) is 10.2. The van der Waals surface area contributed by atoms with E-state index in [9.17, 15) is 4.79 Å². The number of rotatable bonds is 5. The van der Waals surface area contributed by atoms with Crippen molar-refractivity contribution in [2.75, 3.05) is 24.3 Å². The molecule has 1 N–H and O–H groups in total. The molecule has 1 saturated heterocycles. The summed E-state index contributed by atoms with van der Waals surface area (Å²) in [5.41, 5.74) is 5.85. The van der Waals surface area contributed by atoms with E-state index in [4.69, 9.17) is 19.7 Å². The van der Waals surface area contributed by atoms with E-state index in [2.05, 4.69) is 55.3 Å². The van der Waals surface area contributed by atoms with E-state index in [0.717, 1.165) is 33.6 Å². The first-order valence-electron chi connectivity index (χ1n) is 11.3. The lowest BCUT2D eigenvalue weighted by atomic mass is 9.82. The first-order chi connectivity index (χ1) is 15.9. The summed E-state index contributed by atoms with van der Waals surface area (Å²) in [5, 5.41) is 3.24. The predicted molar refractivity (Wildman–Crippen MR) is 134 cm³/mol. The molecule has 0 bridgehead atoms. The summed E-state index contributed by atoms with van der Waals surface area (Å²) in [6, 6.07) is 12.4. The molecule has 0 amide bonds. The third-order valence-electron chi connectivity index (χ3n) is 6.25. The fourth-order valence-electron chi connectivity index (χ4n) is 4.29. The maximum atomic E-state index is 12.5. The first kappa shape index (κ1) is 23.7. The van der Waals surface area contributed by atoms with E-state index in [1.165, 1.54) is 5.56 Å². The lowest BCUT2D eigenvalue weighted by Gasteiger charge is -2.45. The summed E-state index contributed by atoms with van der Waals surface area (Å²) in [6.07, 6.45) is 1.72. The molecule has 0 aliphatic carbocycles. The minimum atomic E-state index is -1.35. The maximum absolute atomic E-state index is 12.5. The Morgan fingerprint density at radius 3 is 2.09 bits per heavy atom. The highest BCUT2D eigenvalue weighted by molar-refractivity contribution is 5.88. The summed E-state index contributed by atoms with van der Waals surface area (Å²) in [5.74, 6) is -0.0104. The van der Waals surface area contributed by atoms with Gasteiger partial charge in [-0.2, -0.15) is 0 Å². The van der Waals surface area contributed by atoms with Gasteiger partial charge in [0.25, 0.3) is 5.72 Å². The monoisotopic (exact) mass is 460 g/mol. The zero-order valence-electron chi connectivity index (χ0n) is 21.1. The molecule has 3 aromatic rings. The molecule has 1 aliphatic rings. The molecule has 0 spiro atoms. The number of hydrogen-bond donors (Lipinski definition) is 1. The smallest absolute Gasteiger partial charge is 0.378 e. The van der Waals surface area contributed by atoms with Crippen molar-refractivity contribution in [3.8, 4) is 22.5 Å². The Balaban J connectivity index is 1.88. The van der Waals surface area contributed by atoms with Gasteiger partial charge >= 0.3 is 5.97 Å². The van der Waals surface area contributed by atoms with Crippen LogP contribution in [-0.4, -0.2) is 35.8 Å². The summed E-state index contributed by atoms with van der Waals surface area (Å²) >= 11 is 0. The number of hydrogen-bond acceptors (Lipinski definition) is 7. The lowest BCUT2D eigenvalue weighted by molar-refractivity contribution is -0.413. The van der Waals surface area contributed by atoms with Gasteiger partial charge < -0.3 is 10.2 Å². The number of aromatic nitrogens is 2. The Hall–Kier alpha value is -3.45. The lowest BCUT2D eigenvalue weighted by Crippen LogP contribution is -2.66. The van der Waals surface area contributed by atoms with Crippen LogP contribution in [0.3, 0.4) is 0 Å². The van der Waals surface area contributed by atoms with E-state index >= 15 is 0 Å². The van der Waals surface area contributed by atoms with Crippen LogP contribution in [0, 0.1) is 26.2 Å². The van der Waals surface area contributed by atoms with Gasteiger partial charge in [-0.25, -0.2) is 14.8 Å². The number of nitrogens with one attached hydrogen (secondary N) is 1. The van der Waals surface area contributed by atoms with E-state index in [-0.39, 0.29) is 0 Å². The maximum Gasteiger partial charge on any atom is 0.399 e. The van der Waals surface area contributed by atoms with E-state index in [0.29, 0.717) is 11.5 Å². The topological polar surface area (TPSA) is 76.6 Å². The molecule has 1 fully saturated rings. The van der Waals surface area contributed by atoms with Crippen molar-refractivity contribution in [2.45, 2.75) is 47.3 Å². The normalized spacial score (nSPS) is 17.7. The third kappa shape index (κ3) is 4.01. The molecule has 34 heavy (non-hydrogen) atoms. The number of carbonyl (C=O) groups is 1. The zero-order chi connectivity index (χ0) is 24.8. The minimum absolute atomic E-state index is 0.468. The highest BCUT2D eigenvalue weighted by atomic mass is 17.3. The van der Waals surface area contributed by atoms with Gasteiger partial charge in [-0.05, 0) is 44.0 Å². The SMILES string of the molecule is Cc1cc(C)c(-c2nc(-c3ccc(N(C)C)cc3)cnc2N[C@@]2(C(C)(C)C)OOC2=O)c(C)c1. The molecule has 2 heterocycles. The molecule has 1 aromatic heterocycles. The molecule has 178 valence electrons. The van der Waals surface area contributed by atoms with Gasteiger partial charge in [0.05, 0.1) is 11.9 Å². The van der Waals surface area contributed by atoms with Gasteiger partial charge in [0, 0.05) is 36.3 Å². The number of carbonyl (C=O) groups excluding carboxylic acids is 1. The minimum Gasteiger partial charge on any atom is -0.378 e. The number of anilines is 2. The summed E-state index contributed by atoms with van der Waals surface area (Å²) in [4.78, 5) is 34.5. The molecule has 1 aliphatic heterocycles. The van der Waals surface area contributed by atoms with Crippen molar-refractivity contribution in [1.29, 1.82) is 0 Å². The number of nitrogens with zero attached hydrogens (tertiary/aromatic N) is 3. The van der Waals surface area contributed by atoms with Crippen LogP contribution >= 0.6 is 0 Å². The van der Waals surface area contributed by atoms with Gasteiger partial charge in [0.2, 0.25) is 0 Å². The number of aryl methyl sites for hydroxylation is 3. The van der Waals surface area contributed by atoms with Crippen molar-refractivity contribution >= 4 is 17.5 Å². The molecule has 2 aromatic carbocycles. The predicted octanol–water partition coefficient (Wildman–Crippen LogP) is 5.44. The van der Waals surface area contributed by atoms with Crippen LogP contribution in [0.4, 0.5) is 11.5 Å².